The molecule has 2 amide bonds. The van der Waals surface area contributed by atoms with E-state index in [1.54, 1.807) is 17.4 Å². The Labute approximate surface area is 188 Å². The average Bonchev–Trinajstić information content (AvgIpc) is 3.42. The van der Waals surface area contributed by atoms with E-state index in [4.69, 9.17) is 0 Å². The quantitative estimate of drug-likeness (QED) is 0.391. The van der Waals surface area contributed by atoms with Crippen molar-refractivity contribution in [2.45, 2.75) is 6.42 Å². The lowest BCUT2D eigenvalue weighted by Crippen LogP contribution is -2.27. The molecule has 6 nitrogen and oxygen atoms in total. The summed E-state index contributed by atoms with van der Waals surface area (Å²) >= 11 is 1.59. The molecule has 2 N–H and O–H groups in total. The molecule has 0 aliphatic carbocycles. The van der Waals surface area contributed by atoms with Gasteiger partial charge in [-0.15, -0.1) is 11.3 Å². The van der Waals surface area contributed by atoms with E-state index >= 15 is 0 Å². The van der Waals surface area contributed by atoms with Crippen molar-refractivity contribution < 1.29 is 9.59 Å². The summed E-state index contributed by atoms with van der Waals surface area (Å²) in [6.45, 7) is 0.265. The lowest BCUT2D eigenvalue weighted by Gasteiger charge is -2.08. The second-order valence-electron chi connectivity index (χ2n) is 7.41. The Bertz CT molecular complexity index is 1390. The molecule has 0 spiro atoms. The molecule has 5 aromatic rings. The first kappa shape index (κ1) is 20.0. The normalized spacial score (nSPS) is 11.0. The highest BCUT2D eigenvalue weighted by molar-refractivity contribution is 7.15. The first-order chi connectivity index (χ1) is 15.7. The number of hydrogen-bond donors (Lipinski definition) is 2. The van der Waals surface area contributed by atoms with Gasteiger partial charge in [0.25, 0.3) is 5.91 Å². The third-order valence-electron chi connectivity index (χ3n) is 5.21. The zero-order valence-corrected chi connectivity index (χ0v) is 17.9. The topological polar surface area (TPSA) is 75.5 Å². The average molecular weight is 441 g/mol. The van der Waals surface area contributed by atoms with Crippen molar-refractivity contribution in [2.75, 3.05) is 11.9 Å². The van der Waals surface area contributed by atoms with Gasteiger partial charge in [-0.3, -0.25) is 14.0 Å². The Kier molecular flexibility index (Phi) is 5.39. The summed E-state index contributed by atoms with van der Waals surface area (Å²) in [6.07, 6.45) is 4.15. The summed E-state index contributed by atoms with van der Waals surface area (Å²) in [5, 5.41) is 9.77. The zero-order valence-electron chi connectivity index (χ0n) is 17.1. The van der Waals surface area contributed by atoms with Crippen molar-refractivity contribution in [3.63, 3.8) is 0 Å². The Morgan fingerprint density at radius 1 is 0.969 bits per heavy atom. The molecule has 0 fully saturated rings. The molecule has 0 unspecified atom stereocenters. The van der Waals surface area contributed by atoms with E-state index in [0.717, 1.165) is 27.0 Å². The Morgan fingerprint density at radius 3 is 2.59 bits per heavy atom. The second kappa shape index (κ2) is 8.64. The number of fused-ring (bicyclic) bond motifs is 2. The van der Waals surface area contributed by atoms with Gasteiger partial charge in [0.1, 0.15) is 0 Å². The minimum Gasteiger partial charge on any atom is -0.352 e. The fraction of sp³-hybridized carbons (Fsp3) is 0.0800. The van der Waals surface area contributed by atoms with Crippen LogP contribution in [0.15, 0.2) is 84.5 Å². The standard InChI is InChI=1S/C25H20N4O2S/c30-23(11-12-26-24(31)20-6-5-17-3-1-2-4-19(17)15-20)27-21-9-7-18(8-10-21)22-16-29-13-14-32-25(29)28-22/h1-10,13-16H,11-12H2,(H,26,31)(H,27,30). The first-order valence-electron chi connectivity index (χ1n) is 10.3. The first-order valence-corrected chi connectivity index (χ1v) is 11.1. The van der Waals surface area contributed by atoms with Crippen LogP contribution in [0, 0.1) is 0 Å². The summed E-state index contributed by atoms with van der Waals surface area (Å²) in [5.41, 5.74) is 3.17. The molecule has 0 atom stereocenters. The van der Waals surface area contributed by atoms with Crippen LogP contribution in [-0.2, 0) is 4.79 Å². The highest BCUT2D eigenvalue weighted by Gasteiger charge is 2.09. The number of nitrogens with one attached hydrogen (secondary N) is 2. The minimum atomic E-state index is -0.187. The van der Waals surface area contributed by atoms with Crippen molar-refractivity contribution in [1.82, 2.24) is 14.7 Å². The molecule has 0 radical (unpaired) electrons. The van der Waals surface area contributed by atoms with Crippen molar-refractivity contribution in [3.8, 4) is 11.3 Å². The number of aromatic nitrogens is 2. The third kappa shape index (κ3) is 4.24. The minimum absolute atomic E-state index is 0.154. The SMILES string of the molecule is O=C(CCNC(=O)c1ccc2ccccc2c1)Nc1ccc(-c2cn3ccsc3n2)cc1. The maximum atomic E-state index is 12.4. The number of imidazole rings is 1. The molecule has 32 heavy (non-hydrogen) atoms. The smallest absolute Gasteiger partial charge is 0.251 e. The molecule has 0 aliphatic heterocycles. The van der Waals surface area contributed by atoms with Gasteiger partial charge < -0.3 is 10.6 Å². The molecule has 0 aliphatic rings. The highest BCUT2D eigenvalue weighted by Crippen LogP contribution is 2.23. The fourth-order valence-electron chi connectivity index (χ4n) is 3.54. The van der Waals surface area contributed by atoms with Crippen LogP contribution in [0.1, 0.15) is 16.8 Å². The van der Waals surface area contributed by atoms with Crippen molar-refractivity contribution in [1.29, 1.82) is 0 Å². The number of carbonyl (C=O) groups excluding carboxylic acids is 2. The van der Waals surface area contributed by atoms with E-state index in [9.17, 15) is 9.59 Å². The van der Waals surface area contributed by atoms with Crippen LogP contribution < -0.4 is 10.6 Å². The Balaban J connectivity index is 1.13. The van der Waals surface area contributed by atoms with Gasteiger partial charge in [-0.1, -0.05) is 42.5 Å². The van der Waals surface area contributed by atoms with E-state index in [2.05, 4.69) is 15.6 Å². The predicted molar refractivity (Wildman–Crippen MR) is 128 cm³/mol. The monoisotopic (exact) mass is 440 g/mol. The molecule has 2 aromatic heterocycles. The molecule has 3 aromatic carbocycles. The Hall–Kier alpha value is -3.97. The van der Waals surface area contributed by atoms with Crippen LogP contribution >= 0.6 is 11.3 Å². The van der Waals surface area contributed by atoms with Gasteiger partial charge in [-0.05, 0) is 35.0 Å². The summed E-state index contributed by atoms with van der Waals surface area (Å²) in [7, 11) is 0. The molecule has 5 rings (SSSR count). The number of benzene rings is 3. The summed E-state index contributed by atoms with van der Waals surface area (Å²) < 4.78 is 1.99. The number of anilines is 1. The lowest BCUT2D eigenvalue weighted by molar-refractivity contribution is -0.116. The number of nitrogens with zero attached hydrogens (tertiary/aromatic N) is 2. The molecular weight excluding hydrogens is 420 g/mol. The summed E-state index contributed by atoms with van der Waals surface area (Å²) in [5.74, 6) is -0.341. The van der Waals surface area contributed by atoms with E-state index in [1.807, 2.05) is 82.8 Å². The summed E-state index contributed by atoms with van der Waals surface area (Å²) in [6, 6.07) is 21.0. The van der Waals surface area contributed by atoms with Crippen LogP contribution in [0.2, 0.25) is 0 Å². The van der Waals surface area contributed by atoms with Crippen LogP contribution in [0.5, 0.6) is 0 Å². The van der Waals surface area contributed by atoms with E-state index in [1.165, 1.54) is 0 Å². The van der Waals surface area contributed by atoms with Crippen LogP contribution in [0.3, 0.4) is 0 Å². The molecule has 7 heteroatoms. The largest absolute Gasteiger partial charge is 0.352 e. The zero-order chi connectivity index (χ0) is 21.9. The maximum absolute atomic E-state index is 12.4. The fourth-order valence-corrected chi connectivity index (χ4v) is 4.24. The van der Waals surface area contributed by atoms with Gasteiger partial charge in [0.2, 0.25) is 5.91 Å². The maximum Gasteiger partial charge on any atom is 0.251 e. The van der Waals surface area contributed by atoms with Crippen molar-refractivity contribution >= 4 is 44.6 Å². The van der Waals surface area contributed by atoms with Crippen molar-refractivity contribution in [3.05, 3.63) is 90.1 Å². The number of carbonyl (C=O) groups is 2. The van der Waals surface area contributed by atoms with Gasteiger partial charge in [0, 0.05) is 47.6 Å². The third-order valence-corrected chi connectivity index (χ3v) is 5.98. The van der Waals surface area contributed by atoms with Gasteiger partial charge in [0.15, 0.2) is 4.96 Å². The number of amides is 2. The highest BCUT2D eigenvalue weighted by atomic mass is 32.1. The number of thiazole rings is 1. The van der Waals surface area contributed by atoms with Crippen LogP contribution in [0.25, 0.3) is 27.0 Å². The van der Waals surface area contributed by atoms with Crippen molar-refractivity contribution in [2.24, 2.45) is 0 Å². The van der Waals surface area contributed by atoms with E-state index in [-0.39, 0.29) is 24.8 Å². The molecule has 158 valence electrons. The Morgan fingerprint density at radius 2 is 1.78 bits per heavy atom. The van der Waals surface area contributed by atoms with Gasteiger partial charge in [0.05, 0.1) is 5.69 Å². The molecule has 2 heterocycles. The molecular formula is C25H20N4O2S. The lowest BCUT2D eigenvalue weighted by atomic mass is 10.1. The number of hydrogen-bond acceptors (Lipinski definition) is 4. The van der Waals surface area contributed by atoms with Gasteiger partial charge >= 0.3 is 0 Å². The molecule has 0 bridgehead atoms. The van der Waals surface area contributed by atoms with Gasteiger partial charge in [-0.2, -0.15) is 0 Å². The summed E-state index contributed by atoms with van der Waals surface area (Å²) in [4.78, 5) is 30.2. The predicted octanol–water partition coefficient (Wildman–Crippen LogP) is 4.97. The van der Waals surface area contributed by atoms with Gasteiger partial charge in [-0.25, -0.2) is 4.98 Å². The molecule has 0 saturated carbocycles. The number of rotatable bonds is 6. The molecule has 0 saturated heterocycles. The second-order valence-corrected chi connectivity index (χ2v) is 8.29. The van der Waals surface area contributed by atoms with E-state index < -0.39 is 0 Å². The van der Waals surface area contributed by atoms with Crippen LogP contribution in [0.4, 0.5) is 5.69 Å². The van der Waals surface area contributed by atoms with E-state index in [0.29, 0.717) is 11.3 Å². The van der Waals surface area contributed by atoms with Crippen LogP contribution in [-0.4, -0.2) is 27.7 Å².